The summed E-state index contributed by atoms with van der Waals surface area (Å²) in [5.74, 6) is -2.39. The number of hydrogen-bond donors (Lipinski definition) is 3. The number of benzene rings is 1. The summed E-state index contributed by atoms with van der Waals surface area (Å²) >= 11 is 0. The third-order valence-electron chi connectivity index (χ3n) is 3.67. The molecule has 0 atom stereocenters. The first-order chi connectivity index (χ1) is 11.5. The highest BCUT2D eigenvalue weighted by Crippen LogP contribution is 2.30. The Labute approximate surface area is 138 Å². The van der Waals surface area contributed by atoms with Crippen LogP contribution in [-0.4, -0.2) is 27.3 Å². The van der Waals surface area contributed by atoms with E-state index in [1.165, 1.54) is 24.1 Å². The van der Waals surface area contributed by atoms with Gasteiger partial charge in [0.15, 0.2) is 0 Å². The number of fused-ring (bicyclic) bond motifs is 2. The van der Waals surface area contributed by atoms with Crippen molar-refractivity contribution in [1.82, 2.24) is 4.98 Å². The molecule has 1 heterocycles. The number of nitrogens with two attached hydrogens (primary N) is 1. The van der Waals surface area contributed by atoms with Crippen molar-refractivity contribution in [2.24, 2.45) is 0 Å². The van der Waals surface area contributed by atoms with E-state index in [4.69, 9.17) is 21.1 Å². The molecule has 24 heavy (non-hydrogen) atoms. The Balaban J connectivity index is 0.000000202. The highest BCUT2D eigenvalue weighted by Gasteiger charge is 2.15. The molecule has 0 saturated heterocycles. The zero-order valence-electron chi connectivity index (χ0n) is 12.9. The zero-order valence-corrected chi connectivity index (χ0v) is 12.9. The van der Waals surface area contributed by atoms with Gasteiger partial charge in [0.25, 0.3) is 0 Å². The number of carbonyl (C=O) groups excluding carboxylic acids is 1. The highest BCUT2D eigenvalue weighted by molar-refractivity contribution is 5.92. The number of carbonyl (C=O) groups is 2. The fraction of sp³-hybridized carbons (Fsp3) is 0.235. The first-order valence-corrected chi connectivity index (χ1v) is 7.45. The average Bonchev–Trinajstić information content (AvgIpc) is 2.60. The molecule has 0 amide bonds. The van der Waals surface area contributed by atoms with Crippen molar-refractivity contribution >= 4 is 28.5 Å². The molecule has 1 aromatic carbocycles. The van der Waals surface area contributed by atoms with Gasteiger partial charge in [-0.05, 0) is 37.3 Å². The lowest BCUT2D eigenvalue weighted by Crippen LogP contribution is -2.09. The van der Waals surface area contributed by atoms with Crippen LogP contribution in [0.1, 0.15) is 24.1 Å². The van der Waals surface area contributed by atoms with Crippen LogP contribution in [0.15, 0.2) is 36.4 Å². The average molecular weight is 330 g/mol. The van der Waals surface area contributed by atoms with E-state index < -0.39 is 11.9 Å². The number of aryl methyl sites for hydroxylation is 1. The van der Waals surface area contributed by atoms with Gasteiger partial charge < -0.3 is 10.8 Å². The molecule has 1 aliphatic rings. The van der Waals surface area contributed by atoms with Gasteiger partial charge in [0.2, 0.25) is 0 Å². The number of nitrogens with zero attached hydrogens (tertiary/aromatic N) is 1. The number of nitrogen functional groups attached to an aromatic ring is 1. The van der Waals surface area contributed by atoms with Crippen LogP contribution in [0.2, 0.25) is 0 Å². The molecule has 0 unspecified atom stereocenters. The summed E-state index contributed by atoms with van der Waals surface area (Å²) in [7, 11) is 0. The largest absolute Gasteiger partial charge is 0.478 e. The topological polar surface area (TPSA) is 123 Å². The molecule has 0 radical (unpaired) electrons. The van der Waals surface area contributed by atoms with E-state index in [-0.39, 0.29) is 0 Å². The summed E-state index contributed by atoms with van der Waals surface area (Å²) in [6, 6.07) is 8.15. The first kappa shape index (κ1) is 17.4. The van der Waals surface area contributed by atoms with Crippen LogP contribution in [0.4, 0.5) is 5.69 Å². The predicted molar refractivity (Wildman–Crippen MR) is 88.3 cm³/mol. The van der Waals surface area contributed by atoms with E-state index in [9.17, 15) is 9.59 Å². The van der Waals surface area contributed by atoms with E-state index >= 15 is 0 Å². The van der Waals surface area contributed by atoms with Crippen molar-refractivity contribution < 1.29 is 24.8 Å². The number of carboxylic acids is 1. The molecular formula is C17H18N2O5. The molecular weight excluding hydrogens is 312 g/mol. The van der Waals surface area contributed by atoms with Crippen molar-refractivity contribution in [3.05, 3.63) is 47.7 Å². The number of hydrogen-bond acceptors (Lipinski definition) is 6. The maximum Gasteiger partial charge on any atom is 0.365 e. The van der Waals surface area contributed by atoms with Gasteiger partial charge in [-0.1, -0.05) is 18.2 Å². The van der Waals surface area contributed by atoms with E-state index in [0.29, 0.717) is 12.2 Å². The van der Waals surface area contributed by atoms with Gasteiger partial charge in [0.1, 0.15) is 0 Å². The monoisotopic (exact) mass is 330 g/mol. The Kier molecular flexibility index (Phi) is 5.86. The van der Waals surface area contributed by atoms with Crippen LogP contribution >= 0.6 is 0 Å². The second-order valence-corrected chi connectivity index (χ2v) is 5.26. The molecule has 2 aromatic rings. The van der Waals surface area contributed by atoms with Crippen molar-refractivity contribution in [2.75, 3.05) is 5.73 Å². The molecule has 3 rings (SSSR count). The van der Waals surface area contributed by atoms with Crippen molar-refractivity contribution in [1.29, 1.82) is 0 Å². The Morgan fingerprint density at radius 3 is 2.58 bits per heavy atom. The van der Waals surface area contributed by atoms with E-state index in [2.05, 4.69) is 11.0 Å². The molecule has 1 aromatic heterocycles. The molecule has 0 bridgehead atoms. The fourth-order valence-corrected chi connectivity index (χ4v) is 2.58. The van der Waals surface area contributed by atoms with Crippen LogP contribution in [-0.2, 0) is 27.3 Å². The maximum atomic E-state index is 9.89. The van der Waals surface area contributed by atoms with Gasteiger partial charge in [-0.15, -0.1) is 0 Å². The molecule has 7 nitrogen and oxygen atoms in total. The van der Waals surface area contributed by atoms with E-state index in [0.717, 1.165) is 29.4 Å². The Bertz CT molecular complexity index is 786. The fourth-order valence-electron chi connectivity index (χ4n) is 2.58. The number of rotatable bonds is 2. The number of anilines is 1. The van der Waals surface area contributed by atoms with Crippen LogP contribution in [0, 0.1) is 0 Å². The molecule has 7 heteroatoms. The zero-order chi connectivity index (χ0) is 17.5. The summed E-state index contributed by atoms with van der Waals surface area (Å²) in [4.78, 5) is 27.3. The maximum absolute atomic E-state index is 9.89. The summed E-state index contributed by atoms with van der Waals surface area (Å²) in [5, 5.41) is 16.5. The molecule has 4 N–H and O–H groups in total. The molecule has 0 aliphatic heterocycles. The quantitative estimate of drug-likeness (QED) is 0.439. The van der Waals surface area contributed by atoms with Gasteiger partial charge >= 0.3 is 11.9 Å². The Morgan fingerprint density at radius 1 is 1.17 bits per heavy atom. The van der Waals surface area contributed by atoms with Crippen LogP contribution in [0.5, 0.6) is 0 Å². The van der Waals surface area contributed by atoms with Crippen LogP contribution in [0.25, 0.3) is 10.9 Å². The SMILES string of the molecule is Nc1c2c(nc3ccccc13)CCCC2.O=C(O)/C=C\C(=O)OO. The van der Waals surface area contributed by atoms with E-state index in [1.54, 1.807) is 0 Å². The second kappa shape index (κ2) is 8.07. The van der Waals surface area contributed by atoms with Crippen LogP contribution in [0.3, 0.4) is 0 Å². The minimum Gasteiger partial charge on any atom is -0.478 e. The highest BCUT2D eigenvalue weighted by atomic mass is 17.1. The number of carboxylic acid groups (broad SMARTS) is 1. The van der Waals surface area contributed by atoms with Gasteiger partial charge in [0.05, 0.1) is 5.52 Å². The lowest BCUT2D eigenvalue weighted by molar-refractivity contribution is -0.228. The minimum absolute atomic E-state index is 0.554. The molecule has 1 aliphatic carbocycles. The van der Waals surface area contributed by atoms with Crippen LogP contribution < -0.4 is 5.73 Å². The minimum atomic E-state index is -1.28. The normalized spacial score (nSPS) is 13.0. The van der Waals surface area contributed by atoms with Gasteiger partial charge in [-0.3, -0.25) is 9.87 Å². The predicted octanol–water partition coefficient (Wildman–Crippen LogP) is 2.34. The first-order valence-electron chi connectivity index (χ1n) is 7.45. The Hall–Kier alpha value is -2.93. The summed E-state index contributed by atoms with van der Waals surface area (Å²) < 4.78 is 0. The lowest BCUT2D eigenvalue weighted by Gasteiger charge is -2.18. The molecule has 126 valence electrons. The number of pyridine rings is 1. The van der Waals surface area contributed by atoms with Gasteiger partial charge in [-0.25, -0.2) is 9.59 Å². The number of aliphatic carboxylic acids is 1. The summed E-state index contributed by atoms with van der Waals surface area (Å²) in [6.07, 6.45) is 5.82. The standard InChI is InChI=1S/C13H14N2.C4H4O5/c14-13-9-5-1-3-7-11(9)15-12-8-4-2-6-10(12)13;5-3(6)1-2-4(7)9-8/h1,3,5,7H,2,4,6,8H2,(H2,14,15);1-2,8H,(H,5,6)/b;2-1-. The van der Waals surface area contributed by atoms with Crippen molar-refractivity contribution in [3.63, 3.8) is 0 Å². The van der Waals surface area contributed by atoms with Crippen molar-refractivity contribution in [3.8, 4) is 0 Å². The van der Waals surface area contributed by atoms with E-state index in [1.807, 2.05) is 18.2 Å². The Morgan fingerprint density at radius 2 is 1.88 bits per heavy atom. The number of aromatic nitrogens is 1. The van der Waals surface area contributed by atoms with Crippen molar-refractivity contribution in [2.45, 2.75) is 25.7 Å². The third-order valence-corrected chi connectivity index (χ3v) is 3.67. The lowest BCUT2D eigenvalue weighted by atomic mass is 9.93. The summed E-state index contributed by atoms with van der Waals surface area (Å²) in [6.45, 7) is 0. The molecule has 0 fully saturated rings. The summed E-state index contributed by atoms with van der Waals surface area (Å²) in [5.41, 5.74) is 10.7. The third kappa shape index (κ3) is 4.30. The molecule has 0 spiro atoms. The number of para-hydroxylation sites is 1. The second-order valence-electron chi connectivity index (χ2n) is 5.26. The van der Waals surface area contributed by atoms with Gasteiger partial charge in [0, 0.05) is 28.9 Å². The smallest absolute Gasteiger partial charge is 0.365 e. The van der Waals surface area contributed by atoms with Gasteiger partial charge in [-0.2, -0.15) is 5.26 Å². The molecule has 0 saturated carbocycles.